The van der Waals surface area contributed by atoms with Crippen LogP contribution in [0, 0.1) is 0 Å². The van der Waals surface area contributed by atoms with Crippen molar-refractivity contribution < 1.29 is 23.5 Å². The van der Waals surface area contributed by atoms with E-state index in [0.717, 1.165) is 11.8 Å². The molecule has 2 aromatic carbocycles. The molecule has 1 amide bonds. The van der Waals surface area contributed by atoms with Gasteiger partial charge in [0.25, 0.3) is 5.91 Å². The number of ether oxygens (including phenoxy) is 2. The summed E-state index contributed by atoms with van der Waals surface area (Å²) in [4.78, 5) is 24.7. The van der Waals surface area contributed by atoms with Crippen LogP contribution >= 0.6 is 0 Å². The maximum Gasteiger partial charge on any atom is 0.375 e. The van der Waals surface area contributed by atoms with Crippen molar-refractivity contribution in [2.75, 3.05) is 6.61 Å². The molecule has 3 rings (SSSR count). The number of esters is 1. The highest BCUT2D eigenvalue weighted by Crippen LogP contribution is 2.28. The Morgan fingerprint density at radius 2 is 1.72 bits per heavy atom. The molecule has 0 saturated carbocycles. The number of amides is 1. The Balaban J connectivity index is 1.75. The predicted molar refractivity (Wildman–Crippen MR) is 110 cm³/mol. The van der Waals surface area contributed by atoms with E-state index < -0.39 is 5.97 Å². The topological polar surface area (TPSA) is 77.8 Å². The van der Waals surface area contributed by atoms with Crippen molar-refractivity contribution >= 4 is 22.8 Å². The number of benzene rings is 2. The van der Waals surface area contributed by atoms with Crippen molar-refractivity contribution in [2.24, 2.45) is 0 Å². The normalized spacial score (nSPS) is 11.3. The van der Waals surface area contributed by atoms with E-state index in [-0.39, 0.29) is 30.4 Å². The molecule has 1 N–H and O–H groups in total. The first-order valence-electron chi connectivity index (χ1n) is 9.56. The second-order valence-corrected chi connectivity index (χ2v) is 7.37. The number of hydrogen-bond acceptors (Lipinski definition) is 5. The number of furan rings is 1. The van der Waals surface area contributed by atoms with Crippen LogP contribution in [0.1, 0.15) is 43.3 Å². The van der Waals surface area contributed by atoms with Crippen molar-refractivity contribution in [1.82, 2.24) is 5.32 Å². The van der Waals surface area contributed by atoms with E-state index in [1.807, 2.05) is 69.3 Å². The number of rotatable bonds is 8. The van der Waals surface area contributed by atoms with E-state index in [1.165, 1.54) is 0 Å². The van der Waals surface area contributed by atoms with Crippen LogP contribution in [0.25, 0.3) is 11.0 Å². The molecule has 0 radical (unpaired) electrons. The fourth-order valence-corrected chi connectivity index (χ4v) is 2.78. The summed E-state index contributed by atoms with van der Waals surface area (Å²) in [5.41, 5.74) is 0.781. The summed E-state index contributed by atoms with van der Waals surface area (Å²) in [6.45, 7) is 5.55. The van der Waals surface area contributed by atoms with E-state index in [1.54, 1.807) is 6.07 Å². The fourth-order valence-electron chi connectivity index (χ4n) is 2.78. The van der Waals surface area contributed by atoms with E-state index in [9.17, 15) is 9.59 Å². The fraction of sp³-hybridized carbons (Fsp3) is 0.304. The number of nitrogens with one attached hydrogen (secondary N) is 1. The largest absolute Gasteiger partial charge is 0.489 e. The van der Waals surface area contributed by atoms with E-state index in [4.69, 9.17) is 13.9 Å². The van der Waals surface area contributed by atoms with Crippen LogP contribution in [0.15, 0.2) is 59.0 Å². The Kier molecular flexibility index (Phi) is 6.22. The lowest BCUT2D eigenvalue weighted by Gasteiger charge is -2.24. The van der Waals surface area contributed by atoms with Crippen LogP contribution in [-0.4, -0.2) is 24.0 Å². The highest BCUT2D eigenvalue weighted by molar-refractivity contribution is 5.96. The molecule has 6 nitrogen and oxygen atoms in total. The van der Waals surface area contributed by atoms with Crippen LogP contribution in [0.3, 0.4) is 0 Å². The molecule has 0 aliphatic carbocycles. The number of carbonyl (C=O) groups excluding carboxylic acids is 2. The van der Waals surface area contributed by atoms with Crippen molar-refractivity contribution in [2.45, 2.75) is 39.3 Å². The monoisotopic (exact) mass is 395 g/mol. The predicted octanol–water partition coefficient (Wildman–Crippen LogP) is 4.47. The third-order valence-corrected chi connectivity index (χ3v) is 4.71. The molecular formula is C23H25NO5. The zero-order valence-electron chi connectivity index (χ0n) is 16.9. The Bertz CT molecular complexity index is 991. The van der Waals surface area contributed by atoms with Crippen LogP contribution in [0.4, 0.5) is 0 Å². The Labute approximate surface area is 169 Å². The third kappa shape index (κ3) is 5.16. The first-order chi connectivity index (χ1) is 13.9. The maximum absolute atomic E-state index is 12.6. The van der Waals surface area contributed by atoms with Crippen LogP contribution in [-0.2, 0) is 16.1 Å². The second-order valence-electron chi connectivity index (χ2n) is 7.37. The average molecular weight is 395 g/mol. The van der Waals surface area contributed by atoms with E-state index in [0.29, 0.717) is 16.9 Å². The summed E-state index contributed by atoms with van der Waals surface area (Å²) in [5.74, 6) is -0.330. The molecule has 1 aromatic heterocycles. The average Bonchev–Trinajstić information content (AvgIpc) is 3.09. The molecule has 0 aliphatic heterocycles. The van der Waals surface area contributed by atoms with Gasteiger partial charge >= 0.3 is 5.97 Å². The third-order valence-electron chi connectivity index (χ3n) is 4.71. The zero-order chi connectivity index (χ0) is 20.9. The van der Waals surface area contributed by atoms with Gasteiger partial charge in [-0.15, -0.1) is 0 Å². The van der Waals surface area contributed by atoms with Gasteiger partial charge in [-0.25, -0.2) is 4.79 Å². The summed E-state index contributed by atoms with van der Waals surface area (Å²) >= 11 is 0. The molecule has 0 atom stereocenters. The summed E-state index contributed by atoms with van der Waals surface area (Å²) in [7, 11) is 0. The number of fused-ring (bicyclic) bond motifs is 1. The van der Waals surface area contributed by atoms with Crippen molar-refractivity contribution in [3.05, 3.63) is 65.9 Å². The Morgan fingerprint density at radius 3 is 2.45 bits per heavy atom. The lowest BCUT2D eigenvalue weighted by atomic mass is 10.0. The molecule has 29 heavy (non-hydrogen) atoms. The van der Waals surface area contributed by atoms with Gasteiger partial charge in [-0.2, -0.15) is 0 Å². The number of carbonyl (C=O) groups is 2. The lowest BCUT2D eigenvalue weighted by Crippen LogP contribution is -2.44. The minimum Gasteiger partial charge on any atom is -0.489 e. The van der Waals surface area contributed by atoms with Crippen molar-refractivity contribution in [3.8, 4) is 5.75 Å². The van der Waals surface area contributed by atoms with Crippen LogP contribution < -0.4 is 10.1 Å². The van der Waals surface area contributed by atoms with Gasteiger partial charge in [-0.1, -0.05) is 43.3 Å². The molecule has 152 valence electrons. The highest BCUT2D eigenvalue weighted by Gasteiger charge is 2.24. The lowest BCUT2D eigenvalue weighted by molar-refractivity contribution is -0.125. The molecule has 1 heterocycles. The Hall–Kier alpha value is -3.28. The van der Waals surface area contributed by atoms with Gasteiger partial charge in [0.2, 0.25) is 5.76 Å². The molecule has 0 saturated heterocycles. The molecule has 0 aliphatic rings. The van der Waals surface area contributed by atoms with Crippen molar-refractivity contribution in [3.63, 3.8) is 0 Å². The minimum absolute atomic E-state index is 0.0460. The molecule has 3 aromatic rings. The molecular weight excluding hydrogens is 370 g/mol. The summed E-state index contributed by atoms with van der Waals surface area (Å²) in [6.07, 6.45) is 0.761. The zero-order valence-corrected chi connectivity index (χ0v) is 16.9. The molecule has 0 bridgehead atoms. The van der Waals surface area contributed by atoms with E-state index >= 15 is 0 Å². The molecule has 6 heteroatoms. The maximum atomic E-state index is 12.6. The van der Waals surface area contributed by atoms with E-state index in [2.05, 4.69) is 5.32 Å². The SMILES string of the molecule is CCC(C)(C)NC(=O)COC(=O)c1oc2ccccc2c1COc1ccccc1. The summed E-state index contributed by atoms with van der Waals surface area (Å²) in [5, 5.41) is 3.60. The molecule has 0 fully saturated rings. The summed E-state index contributed by atoms with van der Waals surface area (Å²) in [6, 6.07) is 16.6. The number of hydrogen-bond donors (Lipinski definition) is 1. The smallest absolute Gasteiger partial charge is 0.375 e. The van der Waals surface area contributed by atoms with Crippen LogP contribution in [0.2, 0.25) is 0 Å². The summed E-state index contributed by atoms with van der Waals surface area (Å²) < 4.78 is 16.7. The van der Waals surface area contributed by atoms with Gasteiger partial charge in [-0.3, -0.25) is 4.79 Å². The minimum atomic E-state index is -0.697. The molecule has 0 spiro atoms. The van der Waals surface area contributed by atoms with Gasteiger partial charge in [0, 0.05) is 10.9 Å². The number of para-hydroxylation sites is 2. The first kappa shape index (κ1) is 20.5. The van der Waals surface area contributed by atoms with Gasteiger partial charge < -0.3 is 19.2 Å². The van der Waals surface area contributed by atoms with Gasteiger partial charge in [0.15, 0.2) is 6.61 Å². The highest BCUT2D eigenvalue weighted by atomic mass is 16.5. The Morgan fingerprint density at radius 1 is 1.03 bits per heavy atom. The second kappa shape index (κ2) is 8.82. The molecule has 0 unspecified atom stereocenters. The standard InChI is InChI=1S/C23H25NO5/c1-4-23(2,3)24-20(25)15-28-22(26)21-18(14-27-16-10-6-5-7-11-16)17-12-8-9-13-19(17)29-21/h5-13H,4,14-15H2,1-3H3,(H,24,25). The van der Waals surface area contributed by atoms with Gasteiger partial charge in [-0.05, 0) is 38.5 Å². The first-order valence-corrected chi connectivity index (χ1v) is 9.56. The van der Waals surface area contributed by atoms with Crippen molar-refractivity contribution in [1.29, 1.82) is 0 Å². The van der Waals surface area contributed by atoms with Gasteiger partial charge in [0.1, 0.15) is 17.9 Å². The van der Waals surface area contributed by atoms with Gasteiger partial charge in [0.05, 0.1) is 5.56 Å². The quantitative estimate of drug-likeness (QED) is 0.569. The van der Waals surface area contributed by atoms with Crippen LogP contribution in [0.5, 0.6) is 5.75 Å².